The molecule has 0 saturated heterocycles. The predicted octanol–water partition coefficient (Wildman–Crippen LogP) is 4.19. The van der Waals surface area contributed by atoms with Gasteiger partial charge in [0.05, 0.1) is 17.6 Å². The van der Waals surface area contributed by atoms with Gasteiger partial charge in [-0.25, -0.2) is 4.79 Å². The molecule has 1 aliphatic carbocycles. The molecular weight excluding hydrogens is 338 g/mol. The van der Waals surface area contributed by atoms with Crippen LogP contribution >= 0.6 is 11.8 Å². The monoisotopic (exact) mass is 359 g/mol. The van der Waals surface area contributed by atoms with E-state index >= 15 is 0 Å². The van der Waals surface area contributed by atoms with Crippen LogP contribution in [-0.2, 0) is 5.75 Å². The first-order valence-corrected chi connectivity index (χ1v) is 9.33. The Morgan fingerprint density at radius 2 is 2.00 bits per heavy atom. The zero-order valence-corrected chi connectivity index (χ0v) is 14.9. The molecule has 0 unspecified atom stereocenters. The Morgan fingerprint density at radius 1 is 1.24 bits per heavy atom. The third-order valence-electron chi connectivity index (χ3n) is 4.80. The van der Waals surface area contributed by atoms with E-state index in [2.05, 4.69) is 12.2 Å². The van der Waals surface area contributed by atoms with Crippen LogP contribution in [0, 0.1) is 5.41 Å². The number of amides is 1. The Labute approximate surface area is 150 Å². The number of carboxylic acids is 1. The van der Waals surface area contributed by atoms with Crippen molar-refractivity contribution in [1.82, 2.24) is 5.32 Å². The van der Waals surface area contributed by atoms with Crippen molar-refractivity contribution in [2.24, 2.45) is 5.41 Å². The summed E-state index contributed by atoms with van der Waals surface area (Å²) in [5, 5.41) is 12.2. The maximum atomic E-state index is 12.6. The second kappa shape index (κ2) is 7.35. The van der Waals surface area contributed by atoms with Gasteiger partial charge in [0, 0.05) is 11.4 Å². The first kappa shape index (κ1) is 17.6. The Morgan fingerprint density at radius 3 is 2.68 bits per heavy atom. The molecule has 2 aromatic rings. The number of carbonyl (C=O) groups excluding carboxylic acids is 1. The average molecular weight is 359 g/mol. The van der Waals surface area contributed by atoms with Crippen molar-refractivity contribution in [3.05, 3.63) is 53.5 Å². The molecule has 1 aliphatic rings. The number of rotatable bonds is 8. The van der Waals surface area contributed by atoms with E-state index in [0.29, 0.717) is 29.0 Å². The number of benzene rings is 1. The fourth-order valence-electron chi connectivity index (χ4n) is 2.76. The van der Waals surface area contributed by atoms with Gasteiger partial charge in [-0.15, -0.1) is 11.8 Å². The summed E-state index contributed by atoms with van der Waals surface area (Å²) in [6, 6.07) is 8.81. The number of hydrogen-bond donors (Lipinski definition) is 2. The predicted molar refractivity (Wildman–Crippen MR) is 96.0 cm³/mol. The van der Waals surface area contributed by atoms with Gasteiger partial charge in [-0.1, -0.05) is 19.1 Å². The van der Waals surface area contributed by atoms with Crippen molar-refractivity contribution >= 4 is 23.6 Å². The van der Waals surface area contributed by atoms with Crippen LogP contribution in [0.2, 0.25) is 0 Å². The molecule has 0 bridgehead atoms. The van der Waals surface area contributed by atoms with Crippen LogP contribution in [0.15, 0.2) is 45.9 Å². The summed E-state index contributed by atoms with van der Waals surface area (Å²) < 4.78 is 5.26. The summed E-state index contributed by atoms with van der Waals surface area (Å²) in [6.45, 7) is 2.87. The third kappa shape index (κ3) is 4.07. The molecule has 25 heavy (non-hydrogen) atoms. The molecule has 0 aliphatic heterocycles. The van der Waals surface area contributed by atoms with E-state index in [1.165, 1.54) is 36.9 Å². The largest absolute Gasteiger partial charge is 0.478 e. The van der Waals surface area contributed by atoms with E-state index < -0.39 is 5.97 Å². The highest BCUT2D eigenvalue weighted by Crippen LogP contribution is 2.47. The van der Waals surface area contributed by atoms with Crippen molar-refractivity contribution in [2.45, 2.75) is 36.8 Å². The number of furan rings is 1. The minimum atomic E-state index is -1.01. The van der Waals surface area contributed by atoms with E-state index in [1.54, 1.807) is 6.07 Å². The molecule has 1 amide bonds. The third-order valence-corrected chi connectivity index (χ3v) is 5.87. The highest BCUT2D eigenvalue weighted by atomic mass is 32.2. The molecule has 1 aromatic heterocycles. The van der Waals surface area contributed by atoms with Gasteiger partial charge in [0.15, 0.2) is 0 Å². The van der Waals surface area contributed by atoms with Crippen molar-refractivity contribution in [1.29, 1.82) is 0 Å². The van der Waals surface area contributed by atoms with Gasteiger partial charge in [-0.2, -0.15) is 0 Å². The van der Waals surface area contributed by atoms with Gasteiger partial charge in [0.2, 0.25) is 0 Å². The maximum Gasteiger partial charge on any atom is 0.339 e. The second-order valence-corrected chi connectivity index (χ2v) is 7.40. The molecule has 6 heteroatoms. The number of carboxylic acid groups (broad SMARTS) is 1. The lowest BCUT2D eigenvalue weighted by atomic mass is 10.0. The van der Waals surface area contributed by atoms with Crippen molar-refractivity contribution in [3.8, 4) is 0 Å². The molecule has 132 valence electrons. The minimum Gasteiger partial charge on any atom is -0.478 e. The molecule has 0 atom stereocenters. The normalized spacial score (nSPS) is 14.9. The summed E-state index contributed by atoms with van der Waals surface area (Å²) >= 11 is 1.40. The topological polar surface area (TPSA) is 79.5 Å². The SMILES string of the molecule is CCC1(CNC(=O)c2ccccc2SCc2occc2C(=O)O)CC1. The molecule has 0 spiro atoms. The molecule has 1 aromatic carbocycles. The van der Waals surface area contributed by atoms with Crippen LogP contribution in [-0.4, -0.2) is 23.5 Å². The van der Waals surface area contributed by atoms with Crippen molar-refractivity contribution < 1.29 is 19.1 Å². The lowest BCUT2D eigenvalue weighted by Crippen LogP contribution is -2.30. The standard InChI is InChI=1S/C19H21NO4S/c1-2-19(8-9-19)12-20-17(21)14-5-3-4-6-16(14)25-11-15-13(18(22)23)7-10-24-15/h3-7,10H,2,8-9,11-12H2,1H3,(H,20,21)(H,22,23). The lowest BCUT2D eigenvalue weighted by molar-refractivity contribution is 0.0694. The minimum absolute atomic E-state index is 0.0827. The molecule has 1 fully saturated rings. The van der Waals surface area contributed by atoms with Gasteiger partial charge in [0.1, 0.15) is 11.3 Å². The highest BCUT2D eigenvalue weighted by molar-refractivity contribution is 7.98. The Kier molecular flexibility index (Phi) is 5.18. The molecule has 0 radical (unpaired) electrons. The van der Waals surface area contributed by atoms with Crippen LogP contribution < -0.4 is 5.32 Å². The molecule has 1 saturated carbocycles. The number of carbonyl (C=O) groups is 2. The van der Waals surface area contributed by atoms with E-state index in [4.69, 9.17) is 9.52 Å². The smallest absolute Gasteiger partial charge is 0.339 e. The molecule has 3 rings (SSSR count). The van der Waals surface area contributed by atoms with Gasteiger partial charge < -0.3 is 14.8 Å². The van der Waals surface area contributed by atoms with Gasteiger partial charge in [0.25, 0.3) is 5.91 Å². The average Bonchev–Trinajstić information content (AvgIpc) is 3.25. The second-order valence-electron chi connectivity index (χ2n) is 6.38. The highest BCUT2D eigenvalue weighted by Gasteiger charge is 2.40. The summed E-state index contributed by atoms with van der Waals surface area (Å²) in [6.07, 6.45) is 4.81. The molecule has 1 heterocycles. The number of aromatic carboxylic acids is 1. The first-order valence-electron chi connectivity index (χ1n) is 8.34. The van der Waals surface area contributed by atoms with Crippen LogP contribution in [0.25, 0.3) is 0 Å². The first-order chi connectivity index (χ1) is 12.0. The molecule has 2 N–H and O–H groups in total. The van der Waals surface area contributed by atoms with Crippen LogP contribution in [0.4, 0.5) is 0 Å². The van der Waals surface area contributed by atoms with Crippen LogP contribution in [0.1, 0.15) is 52.7 Å². The zero-order chi connectivity index (χ0) is 17.9. The number of thioether (sulfide) groups is 1. The Bertz CT molecular complexity index is 779. The summed E-state index contributed by atoms with van der Waals surface area (Å²) in [4.78, 5) is 24.5. The van der Waals surface area contributed by atoms with Crippen LogP contribution in [0.5, 0.6) is 0 Å². The summed E-state index contributed by atoms with van der Waals surface area (Å²) in [5.41, 5.74) is 1.07. The molecule has 5 nitrogen and oxygen atoms in total. The van der Waals surface area contributed by atoms with Crippen molar-refractivity contribution in [3.63, 3.8) is 0 Å². The number of nitrogens with one attached hydrogen (secondary N) is 1. The Balaban J connectivity index is 1.67. The fourth-order valence-corrected chi connectivity index (χ4v) is 3.76. The van der Waals surface area contributed by atoms with Gasteiger partial charge in [-0.3, -0.25) is 4.79 Å². The lowest BCUT2D eigenvalue weighted by Gasteiger charge is -2.14. The van der Waals surface area contributed by atoms with E-state index in [-0.39, 0.29) is 11.5 Å². The summed E-state index contributed by atoms with van der Waals surface area (Å²) in [5.74, 6) is -0.335. The van der Waals surface area contributed by atoms with Gasteiger partial charge >= 0.3 is 5.97 Å². The van der Waals surface area contributed by atoms with E-state index in [1.807, 2.05) is 18.2 Å². The molecular formula is C19H21NO4S. The van der Waals surface area contributed by atoms with Crippen LogP contribution in [0.3, 0.4) is 0 Å². The quantitative estimate of drug-likeness (QED) is 0.691. The maximum absolute atomic E-state index is 12.6. The van der Waals surface area contributed by atoms with E-state index in [0.717, 1.165) is 11.3 Å². The van der Waals surface area contributed by atoms with E-state index in [9.17, 15) is 9.59 Å². The van der Waals surface area contributed by atoms with Gasteiger partial charge in [-0.05, 0) is 42.9 Å². The van der Waals surface area contributed by atoms with Crippen molar-refractivity contribution in [2.75, 3.05) is 6.54 Å². The zero-order valence-electron chi connectivity index (χ0n) is 14.1. The summed E-state index contributed by atoms with van der Waals surface area (Å²) in [7, 11) is 0. The number of hydrogen-bond acceptors (Lipinski definition) is 4. The fraction of sp³-hybridized carbons (Fsp3) is 0.368. The Hall–Kier alpha value is -2.21.